The summed E-state index contributed by atoms with van der Waals surface area (Å²) in [7, 11) is 1.80. The first kappa shape index (κ1) is 16.6. The van der Waals surface area contributed by atoms with Crippen molar-refractivity contribution >= 4 is 5.91 Å². The molecule has 2 heterocycles. The van der Waals surface area contributed by atoms with Crippen molar-refractivity contribution in [2.24, 2.45) is 7.05 Å². The number of carbonyl (C=O) groups excluding carboxylic acids is 1. The van der Waals surface area contributed by atoms with Crippen molar-refractivity contribution in [1.82, 2.24) is 19.6 Å². The van der Waals surface area contributed by atoms with Gasteiger partial charge in [0.05, 0.1) is 11.8 Å². The van der Waals surface area contributed by atoms with E-state index in [1.54, 1.807) is 28.9 Å². The minimum Gasteiger partial charge on any atom is -0.336 e. The van der Waals surface area contributed by atoms with E-state index in [4.69, 9.17) is 0 Å². The van der Waals surface area contributed by atoms with Gasteiger partial charge in [0.2, 0.25) is 0 Å². The third-order valence-electron chi connectivity index (χ3n) is 4.55. The summed E-state index contributed by atoms with van der Waals surface area (Å²) in [5.41, 5.74) is 1.80. The first-order chi connectivity index (χ1) is 11.5. The van der Waals surface area contributed by atoms with Gasteiger partial charge in [-0.15, -0.1) is 0 Å². The Morgan fingerprint density at radius 2 is 1.92 bits per heavy atom. The number of amides is 1. The minimum absolute atomic E-state index is 0.0304. The van der Waals surface area contributed by atoms with Gasteiger partial charge >= 0.3 is 0 Å². The van der Waals surface area contributed by atoms with Gasteiger partial charge in [0, 0.05) is 51.0 Å². The highest BCUT2D eigenvalue weighted by molar-refractivity contribution is 5.95. The molecular formula is C17H20F2N4O. The molecule has 0 spiro atoms. The number of nitrogens with zero attached hydrogens (tertiary/aromatic N) is 4. The van der Waals surface area contributed by atoms with Crippen LogP contribution in [0, 0.1) is 18.6 Å². The summed E-state index contributed by atoms with van der Waals surface area (Å²) in [5, 5.41) is 4.10. The molecule has 128 valence electrons. The zero-order valence-corrected chi connectivity index (χ0v) is 13.8. The highest BCUT2D eigenvalue weighted by Gasteiger charge is 2.25. The van der Waals surface area contributed by atoms with Crippen LogP contribution in [0.3, 0.4) is 0 Å². The van der Waals surface area contributed by atoms with Crippen LogP contribution >= 0.6 is 0 Å². The molecule has 7 heteroatoms. The Morgan fingerprint density at radius 1 is 1.21 bits per heavy atom. The summed E-state index contributed by atoms with van der Waals surface area (Å²) in [5.74, 6) is -1.65. The first-order valence-corrected chi connectivity index (χ1v) is 7.90. The molecule has 1 aromatic carbocycles. The predicted octanol–water partition coefficient (Wildman–Crippen LogP) is 1.96. The van der Waals surface area contributed by atoms with Crippen molar-refractivity contribution in [3.8, 4) is 0 Å². The van der Waals surface area contributed by atoms with Crippen LogP contribution < -0.4 is 0 Å². The van der Waals surface area contributed by atoms with Crippen LogP contribution in [0.2, 0.25) is 0 Å². The Hall–Kier alpha value is -2.28. The van der Waals surface area contributed by atoms with Crippen LogP contribution in [0.15, 0.2) is 24.4 Å². The Morgan fingerprint density at radius 3 is 2.54 bits per heavy atom. The van der Waals surface area contributed by atoms with Crippen molar-refractivity contribution in [1.29, 1.82) is 0 Å². The highest BCUT2D eigenvalue weighted by Crippen LogP contribution is 2.16. The maximum atomic E-state index is 13.8. The molecule has 0 radical (unpaired) electrons. The second kappa shape index (κ2) is 6.68. The van der Waals surface area contributed by atoms with Gasteiger partial charge in [0.25, 0.3) is 5.91 Å². The maximum absolute atomic E-state index is 13.8. The Kier molecular flexibility index (Phi) is 4.62. The molecule has 1 aliphatic heterocycles. The molecule has 2 aromatic rings. The smallest absolute Gasteiger partial charge is 0.257 e. The standard InChI is InChI=1S/C17H20F2N4O/c1-12-14(10-20-21(12)2)17(24)23-8-6-22(7-9-23)11-13-4-3-5-15(18)16(13)19/h3-5,10H,6-9,11H2,1-2H3. The maximum Gasteiger partial charge on any atom is 0.257 e. The molecule has 0 aliphatic carbocycles. The number of aromatic nitrogens is 2. The van der Waals surface area contributed by atoms with Crippen LogP contribution in [0.5, 0.6) is 0 Å². The van der Waals surface area contributed by atoms with E-state index in [1.165, 1.54) is 6.07 Å². The van der Waals surface area contributed by atoms with Gasteiger partial charge < -0.3 is 4.90 Å². The van der Waals surface area contributed by atoms with E-state index >= 15 is 0 Å². The molecule has 1 saturated heterocycles. The lowest BCUT2D eigenvalue weighted by Gasteiger charge is -2.34. The second-order valence-corrected chi connectivity index (χ2v) is 6.05. The summed E-state index contributed by atoms with van der Waals surface area (Å²) in [6.07, 6.45) is 1.59. The van der Waals surface area contributed by atoms with E-state index in [9.17, 15) is 13.6 Å². The van der Waals surface area contributed by atoms with Crippen LogP contribution in [0.4, 0.5) is 8.78 Å². The van der Waals surface area contributed by atoms with Crippen LogP contribution in [-0.4, -0.2) is 51.7 Å². The monoisotopic (exact) mass is 334 g/mol. The largest absolute Gasteiger partial charge is 0.336 e. The first-order valence-electron chi connectivity index (χ1n) is 7.90. The normalized spacial score (nSPS) is 15.8. The predicted molar refractivity (Wildman–Crippen MR) is 85.5 cm³/mol. The molecule has 3 rings (SSSR count). The molecule has 0 unspecified atom stereocenters. The van der Waals surface area contributed by atoms with Gasteiger partial charge in [-0.3, -0.25) is 14.4 Å². The zero-order chi connectivity index (χ0) is 17.3. The summed E-state index contributed by atoms with van der Waals surface area (Å²) in [6.45, 7) is 4.58. The average molecular weight is 334 g/mol. The topological polar surface area (TPSA) is 41.4 Å². The van der Waals surface area contributed by atoms with Crippen molar-refractivity contribution in [3.63, 3.8) is 0 Å². The highest BCUT2D eigenvalue weighted by atomic mass is 19.2. The Labute approximate surface area is 139 Å². The third kappa shape index (κ3) is 3.17. The van der Waals surface area contributed by atoms with Crippen molar-refractivity contribution in [3.05, 3.63) is 52.9 Å². The van der Waals surface area contributed by atoms with Gasteiger partial charge in [-0.1, -0.05) is 12.1 Å². The van der Waals surface area contributed by atoms with Crippen molar-refractivity contribution in [2.75, 3.05) is 26.2 Å². The van der Waals surface area contributed by atoms with Crippen LogP contribution in [0.1, 0.15) is 21.6 Å². The fraction of sp³-hybridized carbons (Fsp3) is 0.412. The second-order valence-electron chi connectivity index (χ2n) is 6.05. The molecule has 0 bridgehead atoms. The van der Waals surface area contributed by atoms with E-state index in [1.807, 2.05) is 11.8 Å². The number of hydrogen-bond donors (Lipinski definition) is 0. The number of benzene rings is 1. The lowest BCUT2D eigenvalue weighted by Crippen LogP contribution is -2.48. The van der Waals surface area contributed by atoms with Crippen molar-refractivity contribution in [2.45, 2.75) is 13.5 Å². The number of piperazine rings is 1. The van der Waals surface area contributed by atoms with E-state index in [2.05, 4.69) is 5.10 Å². The molecular weight excluding hydrogens is 314 g/mol. The van der Waals surface area contributed by atoms with Crippen LogP contribution in [0.25, 0.3) is 0 Å². The number of rotatable bonds is 3. The Balaban J connectivity index is 1.61. The Bertz CT molecular complexity index is 751. The molecule has 0 saturated carbocycles. The van der Waals surface area contributed by atoms with Crippen molar-refractivity contribution < 1.29 is 13.6 Å². The lowest BCUT2D eigenvalue weighted by atomic mass is 10.1. The van der Waals surface area contributed by atoms with Gasteiger partial charge in [-0.05, 0) is 13.0 Å². The van der Waals surface area contributed by atoms with Gasteiger partial charge in [-0.25, -0.2) is 8.78 Å². The summed E-state index contributed by atoms with van der Waals surface area (Å²) < 4.78 is 28.7. The quantitative estimate of drug-likeness (QED) is 0.862. The molecule has 5 nitrogen and oxygen atoms in total. The average Bonchev–Trinajstić information content (AvgIpc) is 2.91. The molecule has 0 atom stereocenters. The van der Waals surface area contributed by atoms with Gasteiger partial charge in [0.15, 0.2) is 11.6 Å². The van der Waals surface area contributed by atoms with E-state index in [-0.39, 0.29) is 5.91 Å². The summed E-state index contributed by atoms with van der Waals surface area (Å²) >= 11 is 0. The fourth-order valence-electron chi connectivity index (χ4n) is 2.90. The molecule has 0 N–H and O–H groups in total. The van der Waals surface area contributed by atoms with E-state index in [0.717, 1.165) is 11.8 Å². The molecule has 24 heavy (non-hydrogen) atoms. The number of halogens is 2. The SMILES string of the molecule is Cc1c(C(=O)N2CCN(Cc3cccc(F)c3F)CC2)cnn1C. The summed E-state index contributed by atoms with van der Waals surface area (Å²) in [6, 6.07) is 4.22. The molecule has 1 aromatic heterocycles. The molecule has 1 fully saturated rings. The molecule has 1 amide bonds. The van der Waals surface area contributed by atoms with E-state index in [0.29, 0.717) is 43.9 Å². The number of aryl methyl sites for hydroxylation is 1. The minimum atomic E-state index is -0.826. The fourth-order valence-corrected chi connectivity index (χ4v) is 2.90. The number of hydrogen-bond acceptors (Lipinski definition) is 3. The van der Waals surface area contributed by atoms with Gasteiger partial charge in [-0.2, -0.15) is 5.10 Å². The van der Waals surface area contributed by atoms with E-state index < -0.39 is 11.6 Å². The van der Waals surface area contributed by atoms with Gasteiger partial charge in [0.1, 0.15) is 0 Å². The number of carbonyl (C=O) groups is 1. The third-order valence-corrected chi connectivity index (χ3v) is 4.55. The lowest BCUT2D eigenvalue weighted by molar-refractivity contribution is 0.0626. The molecule has 1 aliphatic rings. The summed E-state index contributed by atoms with van der Waals surface area (Å²) in [4.78, 5) is 16.3. The van der Waals surface area contributed by atoms with Crippen LogP contribution in [-0.2, 0) is 13.6 Å². The zero-order valence-electron chi connectivity index (χ0n) is 13.8.